The van der Waals surface area contributed by atoms with Crippen molar-refractivity contribution in [1.29, 1.82) is 0 Å². The Morgan fingerprint density at radius 2 is 1.25 bits per heavy atom. The molecule has 0 aromatic heterocycles. The van der Waals surface area contributed by atoms with Crippen molar-refractivity contribution in [1.82, 2.24) is 0 Å². The van der Waals surface area contributed by atoms with Crippen molar-refractivity contribution in [3.63, 3.8) is 0 Å². The first-order valence-corrected chi connectivity index (χ1v) is 11.0. The lowest BCUT2D eigenvalue weighted by molar-refractivity contribution is 0.146. The summed E-state index contributed by atoms with van der Waals surface area (Å²) >= 11 is 0. The molecule has 5 heteroatoms. The van der Waals surface area contributed by atoms with E-state index in [0.29, 0.717) is 0 Å². The van der Waals surface area contributed by atoms with Crippen molar-refractivity contribution in [2.24, 2.45) is 0 Å². The molecule has 3 nitrogen and oxygen atoms in total. The summed E-state index contributed by atoms with van der Waals surface area (Å²) in [6.07, 6.45) is 0. The fourth-order valence-corrected chi connectivity index (χ4v) is 11.6. The lowest BCUT2D eigenvalue weighted by atomic mass is 10.4. The average Bonchev–Trinajstić information content (AvgIpc) is 2.33. The Kier molecular flexibility index (Phi) is 4.46. The van der Waals surface area contributed by atoms with Crippen LogP contribution in [0, 0.1) is 0 Å². The highest BCUT2D eigenvalue weighted by Gasteiger charge is 2.56. The van der Waals surface area contributed by atoms with Crippen molar-refractivity contribution in [2.45, 2.75) is 13.1 Å². The zero-order valence-corrected chi connectivity index (χ0v) is 12.6. The van der Waals surface area contributed by atoms with Gasteiger partial charge >= 0.3 is 8.32 Å². The Balaban J connectivity index is 3.18. The number of hydrogen-bond acceptors (Lipinski definition) is 3. The first kappa shape index (κ1) is 13.6. The van der Waals surface area contributed by atoms with Gasteiger partial charge in [-0.05, 0) is 0 Å². The van der Waals surface area contributed by atoms with Gasteiger partial charge in [0.25, 0.3) is 0 Å². The molecule has 1 aromatic rings. The molecule has 0 aliphatic heterocycles. The molecule has 90 valence electrons. The molecule has 0 N–H and O–H groups in total. The summed E-state index contributed by atoms with van der Waals surface area (Å²) in [7, 11) is 0.599. The third kappa shape index (κ3) is 2.14. The third-order valence-corrected chi connectivity index (χ3v) is 15.3. The highest BCUT2D eigenvalue weighted by molar-refractivity contribution is 7.39. The molecule has 0 atom stereocenters. The van der Waals surface area contributed by atoms with Crippen LogP contribution in [-0.4, -0.2) is 37.2 Å². The largest absolute Gasteiger partial charge is 0.474 e. The minimum absolute atomic E-state index is 1.30. The molecule has 0 heterocycles. The molecular weight excluding hydrogens is 236 g/mol. The molecule has 0 spiro atoms. The first-order chi connectivity index (χ1) is 7.54. The van der Waals surface area contributed by atoms with Crippen molar-refractivity contribution in [3.8, 4) is 0 Å². The summed E-state index contributed by atoms with van der Waals surface area (Å²) in [5, 5.41) is 1.30. The predicted molar refractivity (Wildman–Crippen MR) is 70.3 cm³/mol. The lowest BCUT2D eigenvalue weighted by Gasteiger charge is -2.37. The van der Waals surface area contributed by atoms with E-state index in [-0.39, 0.29) is 0 Å². The normalized spacial score (nSPS) is 12.8. The summed E-state index contributed by atoms with van der Waals surface area (Å²) in [6.45, 7) is 4.45. The first-order valence-electron chi connectivity index (χ1n) is 5.25. The Hall–Kier alpha value is -0.466. The van der Waals surface area contributed by atoms with Gasteiger partial charge in [0, 0.05) is 21.3 Å². The minimum Gasteiger partial charge on any atom is -0.380 e. The van der Waals surface area contributed by atoms with Crippen molar-refractivity contribution < 1.29 is 13.3 Å². The second-order valence-corrected chi connectivity index (χ2v) is 15.9. The van der Waals surface area contributed by atoms with Crippen molar-refractivity contribution in [2.75, 3.05) is 21.3 Å². The lowest BCUT2D eigenvalue weighted by Crippen LogP contribution is -2.70. The van der Waals surface area contributed by atoms with E-state index in [1.54, 1.807) is 21.3 Å². The van der Waals surface area contributed by atoms with Crippen LogP contribution >= 0.6 is 0 Å². The van der Waals surface area contributed by atoms with E-state index >= 15 is 0 Å². The fourth-order valence-electron chi connectivity index (χ4n) is 2.05. The SMILES string of the molecule is CO[Si](OC)(OC)[Si](C)(C)c1ccccc1. The Labute approximate surface area is 99.5 Å². The third-order valence-electron chi connectivity index (χ3n) is 3.07. The Bertz CT molecular complexity index is 315. The predicted octanol–water partition coefficient (Wildman–Crippen LogP) is 1.56. The van der Waals surface area contributed by atoms with Crippen LogP contribution in [-0.2, 0) is 13.3 Å². The van der Waals surface area contributed by atoms with E-state index in [1.807, 2.05) is 18.2 Å². The van der Waals surface area contributed by atoms with Crippen LogP contribution < -0.4 is 5.19 Å². The van der Waals surface area contributed by atoms with Crippen molar-refractivity contribution >= 4 is 21.1 Å². The fraction of sp³-hybridized carbons (Fsp3) is 0.455. The van der Waals surface area contributed by atoms with Gasteiger partial charge in [0.05, 0.1) is 0 Å². The van der Waals surface area contributed by atoms with E-state index in [1.165, 1.54) is 5.19 Å². The summed E-state index contributed by atoms with van der Waals surface area (Å²) in [6, 6.07) is 10.4. The summed E-state index contributed by atoms with van der Waals surface area (Å²) in [5.41, 5.74) is 0. The highest BCUT2D eigenvalue weighted by Crippen LogP contribution is 2.21. The van der Waals surface area contributed by atoms with Gasteiger partial charge in [-0.1, -0.05) is 48.6 Å². The smallest absolute Gasteiger partial charge is 0.380 e. The zero-order valence-electron chi connectivity index (χ0n) is 10.6. The minimum atomic E-state index is -2.55. The summed E-state index contributed by atoms with van der Waals surface area (Å²) in [5.74, 6) is 0. The van der Waals surface area contributed by atoms with Gasteiger partial charge in [0.15, 0.2) is 7.59 Å². The van der Waals surface area contributed by atoms with Gasteiger partial charge in [-0.25, -0.2) is 0 Å². The van der Waals surface area contributed by atoms with Gasteiger partial charge in [-0.2, -0.15) is 0 Å². The van der Waals surface area contributed by atoms with E-state index in [0.717, 1.165) is 0 Å². The molecule has 0 saturated carbocycles. The van der Waals surface area contributed by atoms with Crippen LogP contribution in [0.2, 0.25) is 13.1 Å². The van der Waals surface area contributed by atoms with Crippen LogP contribution in [0.5, 0.6) is 0 Å². The molecule has 0 bridgehead atoms. The van der Waals surface area contributed by atoms with Crippen LogP contribution in [0.4, 0.5) is 0 Å². The van der Waals surface area contributed by atoms with E-state index in [4.69, 9.17) is 13.3 Å². The van der Waals surface area contributed by atoms with E-state index in [9.17, 15) is 0 Å². The van der Waals surface area contributed by atoms with Gasteiger partial charge in [-0.3, -0.25) is 0 Å². The average molecular weight is 256 g/mol. The van der Waals surface area contributed by atoms with Crippen LogP contribution in [0.3, 0.4) is 0 Å². The van der Waals surface area contributed by atoms with Crippen LogP contribution in [0.1, 0.15) is 0 Å². The van der Waals surface area contributed by atoms with E-state index in [2.05, 4.69) is 25.2 Å². The Morgan fingerprint density at radius 3 is 1.62 bits per heavy atom. The second-order valence-electron chi connectivity index (χ2n) is 4.16. The molecule has 16 heavy (non-hydrogen) atoms. The standard InChI is InChI=1S/C11H20O3Si2/c1-12-16(13-2,14-3)15(4,5)11-9-7-6-8-10-11/h6-10H,1-5H3. The quantitative estimate of drug-likeness (QED) is 0.748. The van der Waals surface area contributed by atoms with Gasteiger partial charge in [0.2, 0.25) is 0 Å². The number of hydrogen-bond donors (Lipinski definition) is 0. The van der Waals surface area contributed by atoms with Gasteiger partial charge in [-0.15, -0.1) is 0 Å². The van der Waals surface area contributed by atoms with Gasteiger partial charge in [0.1, 0.15) is 0 Å². The zero-order chi connectivity index (χ0) is 12.2. The molecule has 0 amide bonds. The molecule has 0 unspecified atom stereocenters. The summed E-state index contributed by atoms with van der Waals surface area (Å²) in [4.78, 5) is 0. The molecule has 0 aliphatic carbocycles. The number of rotatable bonds is 5. The molecular formula is C11H20O3Si2. The van der Waals surface area contributed by atoms with E-state index < -0.39 is 15.9 Å². The molecule has 1 aromatic carbocycles. The summed E-state index contributed by atoms with van der Waals surface area (Å²) < 4.78 is 16.8. The van der Waals surface area contributed by atoms with Gasteiger partial charge < -0.3 is 13.3 Å². The molecule has 0 fully saturated rings. The monoisotopic (exact) mass is 256 g/mol. The molecule has 0 aliphatic rings. The topological polar surface area (TPSA) is 27.7 Å². The maximum atomic E-state index is 5.61. The number of benzene rings is 1. The molecule has 1 rings (SSSR count). The molecule has 0 radical (unpaired) electrons. The highest BCUT2D eigenvalue weighted by atomic mass is 29.3. The second kappa shape index (κ2) is 5.24. The van der Waals surface area contributed by atoms with Crippen LogP contribution in [0.25, 0.3) is 0 Å². The maximum Gasteiger partial charge on any atom is 0.474 e. The molecule has 0 saturated heterocycles. The maximum absolute atomic E-state index is 5.61. The Morgan fingerprint density at radius 1 is 0.812 bits per heavy atom. The van der Waals surface area contributed by atoms with Crippen LogP contribution in [0.15, 0.2) is 30.3 Å². The van der Waals surface area contributed by atoms with Crippen molar-refractivity contribution in [3.05, 3.63) is 30.3 Å².